The fourth-order valence-electron chi connectivity index (χ4n) is 3.93. The second kappa shape index (κ2) is 8.56. The molecular formula is C25H21O5P. The molecule has 0 saturated carbocycles. The number of ketones is 1. The van der Waals surface area contributed by atoms with Crippen LogP contribution in [0.15, 0.2) is 78.9 Å². The predicted octanol–water partition coefficient (Wildman–Crippen LogP) is 5.95. The van der Waals surface area contributed by atoms with E-state index in [9.17, 15) is 19.0 Å². The van der Waals surface area contributed by atoms with Crippen molar-refractivity contribution in [2.24, 2.45) is 0 Å². The minimum Gasteiger partial charge on any atom is -0.324 e. The van der Waals surface area contributed by atoms with Crippen LogP contribution in [0.25, 0.3) is 21.5 Å². The lowest BCUT2D eigenvalue weighted by atomic mass is 9.93. The Hall–Kier alpha value is -3.11. The first-order valence-corrected chi connectivity index (χ1v) is 11.6. The highest BCUT2D eigenvalue weighted by atomic mass is 31.2. The molecule has 1 N–H and O–H groups in total. The minimum absolute atomic E-state index is 0.0272. The van der Waals surface area contributed by atoms with E-state index in [1.165, 1.54) is 0 Å². The molecule has 4 aromatic carbocycles. The molecule has 0 aliphatic rings. The van der Waals surface area contributed by atoms with Gasteiger partial charge in [0.1, 0.15) is 5.66 Å². The SMILES string of the molecule is CCOP(=O)(O)C(C(=O)c1cc2ccccc2cc1C=O)c1cccc2ccccc12. The Morgan fingerprint density at radius 2 is 1.58 bits per heavy atom. The Bertz CT molecular complexity index is 1340. The molecule has 5 nitrogen and oxygen atoms in total. The number of hydrogen-bond acceptors (Lipinski definition) is 4. The Morgan fingerprint density at radius 1 is 0.968 bits per heavy atom. The number of carbonyl (C=O) groups excluding carboxylic acids is 2. The standard InChI is InChI=1S/C25H21O5P/c1-2-30-31(28,29)25(22-13-7-11-17-8-5-6-12-21(17)22)24(27)23-15-19-10-4-3-9-18(19)14-20(23)16-26/h3-16,25H,2H2,1H3,(H,28,29). The van der Waals surface area contributed by atoms with Gasteiger partial charge >= 0.3 is 7.60 Å². The van der Waals surface area contributed by atoms with Gasteiger partial charge in [0.05, 0.1) is 6.61 Å². The van der Waals surface area contributed by atoms with Crippen LogP contribution >= 0.6 is 7.60 Å². The molecule has 2 atom stereocenters. The first-order chi connectivity index (χ1) is 15.0. The van der Waals surface area contributed by atoms with Crippen molar-refractivity contribution >= 4 is 41.2 Å². The molecule has 0 saturated heterocycles. The molecule has 2 unspecified atom stereocenters. The van der Waals surface area contributed by atoms with E-state index in [4.69, 9.17) is 4.52 Å². The zero-order valence-electron chi connectivity index (χ0n) is 16.9. The van der Waals surface area contributed by atoms with Crippen molar-refractivity contribution < 1.29 is 23.6 Å². The maximum Gasteiger partial charge on any atom is 0.343 e. The van der Waals surface area contributed by atoms with Crippen LogP contribution in [-0.2, 0) is 9.09 Å². The van der Waals surface area contributed by atoms with E-state index in [-0.39, 0.29) is 17.7 Å². The second-order valence-corrected chi connectivity index (χ2v) is 9.12. The summed E-state index contributed by atoms with van der Waals surface area (Å²) in [6.45, 7) is 1.57. The van der Waals surface area contributed by atoms with Crippen molar-refractivity contribution in [3.05, 3.63) is 95.6 Å². The number of fused-ring (bicyclic) bond motifs is 2. The molecule has 6 heteroatoms. The van der Waals surface area contributed by atoms with Crippen LogP contribution in [0, 0.1) is 0 Å². The highest BCUT2D eigenvalue weighted by Crippen LogP contribution is 2.58. The molecule has 156 valence electrons. The number of Topliss-reactive ketones (excluding diaryl/α,β-unsaturated/α-hetero) is 1. The van der Waals surface area contributed by atoms with Crippen molar-refractivity contribution in [3.8, 4) is 0 Å². The van der Waals surface area contributed by atoms with E-state index in [0.29, 0.717) is 17.2 Å². The van der Waals surface area contributed by atoms with E-state index < -0.39 is 19.0 Å². The van der Waals surface area contributed by atoms with Gasteiger partial charge in [0.15, 0.2) is 12.1 Å². The van der Waals surface area contributed by atoms with E-state index in [1.807, 2.05) is 48.5 Å². The van der Waals surface area contributed by atoms with E-state index in [0.717, 1.165) is 16.2 Å². The monoisotopic (exact) mass is 432 g/mol. The summed E-state index contributed by atoms with van der Waals surface area (Å²) in [5.41, 5.74) is -0.795. The topological polar surface area (TPSA) is 80.7 Å². The molecule has 0 aliphatic carbocycles. The van der Waals surface area contributed by atoms with Gasteiger partial charge in [0, 0.05) is 11.1 Å². The molecule has 0 radical (unpaired) electrons. The Balaban J connectivity index is 1.97. The predicted molar refractivity (Wildman–Crippen MR) is 122 cm³/mol. The van der Waals surface area contributed by atoms with Crippen LogP contribution < -0.4 is 0 Å². The average molecular weight is 432 g/mol. The van der Waals surface area contributed by atoms with Crippen LogP contribution in [0.2, 0.25) is 0 Å². The Labute approximate surface area is 179 Å². The molecule has 0 aliphatic heterocycles. The van der Waals surface area contributed by atoms with Gasteiger partial charge in [-0.15, -0.1) is 0 Å². The number of carbonyl (C=O) groups is 2. The summed E-state index contributed by atoms with van der Waals surface area (Å²) >= 11 is 0. The molecular weight excluding hydrogens is 411 g/mol. The zero-order valence-corrected chi connectivity index (χ0v) is 17.8. The summed E-state index contributed by atoms with van der Waals surface area (Å²) in [4.78, 5) is 36.4. The quantitative estimate of drug-likeness (QED) is 0.222. The van der Waals surface area contributed by atoms with Gasteiger partial charge in [-0.05, 0) is 46.2 Å². The first-order valence-electron chi connectivity index (χ1n) is 9.93. The van der Waals surface area contributed by atoms with E-state index in [1.54, 1.807) is 37.3 Å². The van der Waals surface area contributed by atoms with Crippen LogP contribution in [0.3, 0.4) is 0 Å². The van der Waals surface area contributed by atoms with Gasteiger partial charge in [0.25, 0.3) is 0 Å². The first kappa shape index (κ1) is 21.1. The number of benzene rings is 4. The van der Waals surface area contributed by atoms with Gasteiger partial charge in [0.2, 0.25) is 0 Å². The fourth-order valence-corrected chi connectivity index (χ4v) is 5.46. The third-order valence-electron chi connectivity index (χ3n) is 5.32. The summed E-state index contributed by atoms with van der Waals surface area (Å²) in [6, 6.07) is 23.2. The largest absolute Gasteiger partial charge is 0.343 e. The lowest BCUT2D eigenvalue weighted by molar-refractivity contribution is 0.0968. The van der Waals surface area contributed by atoms with Crippen molar-refractivity contribution in [2.75, 3.05) is 6.61 Å². The number of hydrogen-bond donors (Lipinski definition) is 1. The van der Waals surface area contributed by atoms with Crippen LogP contribution in [-0.4, -0.2) is 23.6 Å². The Morgan fingerprint density at radius 3 is 2.26 bits per heavy atom. The van der Waals surface area contributed by atoms with E-state index in [2.05, 4.69) is 0 Å². The maximum atomic E-state index is 13.8. The van der Waals surface area contributed by atoms with Crippen LogP contribution in [0.5, 0.6) is 0 Å². The van der Waals surface area contributed by atoms with Crippen molar-refractivity contribution in [1.29, 1.82) is 0 Å². The highest BCUT2D eigenvalue weighted by molar-refractivity contribution is 7.54. The second-order valence-electron chi connectivity index (χ2n) is 7.22. The average Bonchev–Trinajstić information content (AvgIpc) is 2.78. The third kappa shape index (κ3) is 3.96. The van der Waals surface area contributed by atoms with Crippen molar-refractivity contribution in [3.63, 3.8) is 0 Å². The number of rotatable bonds is 7. The van der Waals surface area contributed by atoms with Gasteiger partial charge in [-0.1, -0.05) is 66.7 Å². The van der Waals surface area contributed by atoms with Gasteiger partial charge < -0.3 is 9.42 Å². The molecule has 0 fully saturated rings. The molecule has 4 rings (SSSR count). The zero-order chi connectivity index (χ0) is 22.0. The third-order valence-corrected chi connectivity index (χ3v) is 7.11. The molecule has 0 bridgehead atoms. The minimum atomic E-state index is -4.41. The molecule has 4 aromatic rings. The van der Waals surface area contributed by atoms with Gasteiger partial charge in [-0.25, -0.2) is 0 Å². The van der Waals surface area contributed by atoms with Crippen molar-refractivity contribution in [1.82, 2.24) is 0 Å². The molecule has 31 heavy (non-hydrogen) atoms. The van der Waals surface area contributed by atoms with Crippen LogP contribution in [0.1, 0.15) is 38.9 Å². The van der Waals surface area contributed by atoms with Crippen molar-refractivity contribution in [2.45, 2.75) is 12.6 Å². The van der Waals surface area contributed by atoms with Gasteiger partial charge in [-0.2, -0.15) is 0 Å². The smallest absolute Gasteiger partial charge is 0.324 e. The lowest BCUT2D eigenvalue weighted by Crippen LogP contribution is -2.17. The molecule has 0 heterocycles. The highest BCUT2D eigenvalue weighted by Gasteiger charge is 2.41. The fraction of sp³-hybridized carbons (Fsp3) is 0.120. The van der Waals surface area contributed by atoms with Gasteiger partial charge in [-0.3, -0.25) is 14.2 Å². The number of aldehydes is 1. The summed E-state index contributed by atoms with van der Waals surface area (Å²) in [5, 5.41) is 3.09. The summed E-state index contributed by atoms with van der Waals surface area (Å²) in [7, 11) is -4.41. The summed E-state index contributed by atoms with van der Waals surface area (Å²) < 4.78 is 18.5. The molecule has 0 aromatic heterocycles. The Kier molecular flexibility index (Phi) is 5.84. The summed E-state index contributed by atoms with van der Waals surface area (Å²) in [5.74, 6) is -0.622. The molecule has 0 amide bonds. The van der Waals surface area contributed by atoms with E-state index >= 15 is 0 Å². The lowest BCUT2D eigenvalue weighted by Gasteiger charge is -2.23. The summed E-state index contributed by atoms with van der Waals surface area (Å²) in [6.07, 6.45) is 0.600. The maximum absolute atomic E-state index is 13.8. The normalized spacial score (nSPS) is 14.3. The molecule has 0 spiro atoms. The van der Waals surface area contributed by atoms with Crippen LogP contribution in [0.4, 0.5) is 0 Å².